The van der Waals surface area contributed by atoms with Gasteiger partial charge in [-0.3, -0.25) is 4.98 Å². The van der Waals surface area contributed by atoms with Crippen LogP contribution in [0.1, 0.15) is 5.69 Å². The molecule has 2 aromatic heterocycles. The van der Waals surface area contributed by atoms with Crippen LogP contribution in [0.4, 0.5) is 0 Å². The highest BCUT2D eigenvalue weighted by atomic mass is 35.5. The number of imidazole rings is 1. The smallest absolute Gasteiger partial charge is 0.138 e. The van der Waals surface area contributed by atoms with Gasteiger partial charge < -0.3 is 4.98 Å². The predicted molar refractivity (Wildman–Crippen MR) is 82.0 cm³/mol. The molecule has 1 N–H and O–H groups in total. The molecule has 0 aliphatic rings. The number of aryl methyl sites for hydroxylation is 1. The summed E-state index contributed by atoms with van der Waals surface area (Å²) in [5.41, 5.74) is 3.70. The molecule has 5 heteroatoms. The lowest BCUT2D eigenvalue weighted by Gasteiger charge is -2.01. The molecule has 0 spiro atoms. The maximum absolute atomic E-state index is 6.05. The number of aromatic amines is 1. The van der Waals surface area contributed by atoms with Crippen molar-refractivity contribution in [2.45, 2.75) is 6.92 Å². The van der Waals surface area contributed by atoms with E-state index in [0.29, 0.717) is 10.0 Å². The zero-order valence-electron chi connectivity index (χ0n) is 10.7. The van der Waals surface area contributed by atoms with Gasteiger partial charge >= 0.3 is 0 Å². The molecule has 3 aromatic rings. The van der Waals surface area contributed by atoms with Gasteiger partial charge in [0, 0.05) is 39.3 Å². The first kappa shape index (κ1) is 13.2. The van der Waals surface area contributed by atoms with Crippen molar-refractivity contribution >= 4 is 23.2 Å². The van der Waals surface area contributed by atoms with Crippen LogP contribution >= 0.6 is 23.2 Å². The molecule has 0 bridgehead atoms. The zero-order valence-corrected chi connectivity index (χ0v) is 12.2. The van der Waals surface area contributed by atoms with Crippen molar-refractivity contribution in [2.24, 2.45) is 0 Å². The Bertz CT molecular complexity index is 731. The molecular weight excluding hydrogens is 293 g/mol. The van der Waals surface area contributed by atoms with Gasteiger partial charge in [-0.1, -0.05) is 23.2 Å². The summed E-state index contributed by atoms with van der Waals surface area (Å²) in [6.07, 6.45) is 3.48. The lowest BCUT2D eigenvalue weighted by Crippen LogP contribution is -1.82. The van der Waals surface area contributed by atoms with Gasteiger partial charge in [0.25, 0.3) is 0 Å². The number of nitrogens with zero attached hydrogens (tertiary/aromatic N) is 2. The van der Waals surface area contributed by atoms with Gasteiger partial charge in [-0.05, 0) is 37.3 Å². The van der Waals surface area contributed by atoms with Crippen molar-refractivity contribution in [2.75, 3.05) is 0 Å². The molecule has 3 nitrogen and oxygen atoms in total. The van der Waals surface area contributed by atoms with E-state index in [1.54, 1.807) is 18.5 Å². The highest BCUT2D eigenvalue weighted by Crippen LogP contribution is 2.29. The third-order valence-corrected chi connectivity index (χ3v) is 3.41. The first-order chi connectivity index (χ1) is 9.63. The Balaban J connectivity index is 2.09. The number of nitrogens with one attached hydrogen (secondary N) is 1. The van der Waals surface area contributed by atoms with Crippen molar-refractivity contribution in [1.82, 2.24) is 15.0 Å². The summed E-state index contributed by atoms with van der Waals surface area (Å²) >= 11 is 12.1. The molecule has 0 aliphatic heterocycles. The Kier molecular flexibility index (Phi) is 3.47. The van der Waals surface area contributed by atoms with Crippen LogP contribution in [0.25, 0.3) is 22.6 Å². The fraction of sp³-hybridized carbons (Fsp3) is 0.0667. The number of hydrogen-bond donors (Lipinski definition) is 1. The fourth-order valence-electron chi connectivity index (χ4n) is 2.08. The predicted octanol–water partition coefficient (Wildman–Crippen LogP) is 4.75. The van der Waals surface area contributed by atoms with E-state index in [4.69, 9.17) is 23.2 Å². The number of aromatic nitrogens is 3. The largest absolute Gasteiger partial charge is 0.342 e. The van der Waals surface area contributed by atoms with Crippen molar-refractivity contribution in [3.8, 4) is 22.6 Å². The summed E-state index contributed by atoms with van der Waals surface area (Å²) in [5, 5.41) is 1.20. The number of benzene rings is 1. The minimum absolute atomic E-state index is 0.598. The summed E-state index contributed by atoms with van der Waals surface area (Å²) in [6.45, 7) is 1.97. The van der Waals surface area contributed by atoms with Gasteiger partial charge in [0.2, 0.25) is 0 Å². The molecule has 0 saturated heterocycles. The molecule has 0 atom stereocenters. The molecule has 100 valence electrons. The second kappa shape index (κ2) is 5.27. The number of pyridine rings is 1. The fourth-order valence-corrected chi connectivity index (χ4v) is 2.60. The summed E-state index contributed by atoms with van der Waals surface area (Å²) in [6, 6.07) is 9.23. The molecule has 0 unspecified atom stereocenters. The number of halogens is 2. The van der Waals surface area contributed by atoms with E-state index >= 15 is 0 Å². The monoisotopic (exact) mass is 303 g/mol. The molecule has 0 radical (unpaired) electrons. The molecule has 0 saturated carbocycles. The Labute approximate surface area is 126 Å². The Morgan fingerprint density at radius 2 is 1.60 bits per heavy atom. The molecule has 2 heterocycles. The summed E-state index contributed by atoms with van der Waals surface area (Å²) in [7, 11) is 0. The first-order valence-corrected chi connectivity index (χ1v) is 6.82. The maximum atomic E-state index is 6.05. The molecule has 0 aliphatic carbocycles. The van der Waals surface area contributed by atoms with E-state index in [2.05, 4.69) is 15.0 Å². The van der Waals surface area contributed by atoms with Crippen LogP contribution in [-0.4, -0.2) is 15.0 Å². The van der Waals surface area contributed by atoms with Crippen LogP contribution in [0.2, 0.25) is 10.0 Å². The van der Waals surface area contributed by atoms with Crippen molar-refractivity contribution in [1.29, 1.82) is 0 Å². The quantitative estimate of drug-likeness (QED) is 0.742. The third-order valence-electron chi connectivity index (χ3n) is 2.97. The van der Waals surface area contributed by atoms with Gasteiger partial charge in [-0.2, -0.15) is 0 Å². The van der Waals surface area contributed by atoms with Crippen LogP contribution in [0.15, 0.2) is 42.7 Å². The van der Waals surface area contributed by atoms with Crippen molar-refractivity contribution in [3.63, 3.8) is 0 Å². The molecule has 3 rings (SSSR count). The molecule has 20 heavy (non-hydrogen) atoms. The minimum atomic E-state index is 0.598. The van der Waals surface area contributed by atoms with Crippen LogP contribution in [0, 0.1) is 6.92 Å². The number of H-pyrrole nitrogens is 1. The van der Waals surface area contributed by atoms with Gasteiger partial charge in [-0.25, -0.2) is 4.98 Å². The lowest BCUT2D eigenvalue weighted by molar-refractivity contribution is 1.24. The van der Waals surface area contributed by atoms with Gasteiger partial charge in [0.1, 0.15) is 5.82 Å². The average Bonchev–Trinajstić information content (AvgIpc) is 2.81. The van der Waals surface area contributed by atoms with Gasteiger partial charge in [-0.15, -0.1) is 0 Å². The lowest BCUT2D eigenvalue weighted by atomic mass is 10.1. The topological polar surface area (TPSA) is 41.6 Å². The van der Waals surface area contributed by atoms with Crippen molar-refractivity contribution in [3.05, 3.63) is 58.5 Å². The highest BCUT2D eigenvalue weighted by molar-refractivity contribution is 6.35. The Morgan fingerprint density at radius 3 is 2.25 bits per heavy atom. The number of hydrogen-bond acceptors (Lipinski definition) is 2. The first-order valence-electron chi connectivity index (χ1n) is 6.07. The summed E-state index contributed by atoms with van der Waals surface area (Å²) in [4.78, 5) is 11.9. The maximum Gasteiger partial charge on any atom is 0.138 e. The van der Waals surface area contributed by atoms with Crippen LogP contribution in [0.3, 0.4) is 0 Å². The molecule has 0 fully saturated rings. The zero-order chi connectivity index (χ0) is 14.1. The Morgan fingerprint density at radius 1 is 0.950 bits per heavy atom. The van der Waals surface area contributed by atoms with Gasteiger partial charge in [0.15, 0.2) is 0 Å². The minimum Gasteiger partial charge on any atom is -0.342 e. The van der Waals surface area contributed by atoms with Crippen molar-refractivity contribution < 1.29 is 0 Å². The van der Waals surface area contributed by atoms with E-state index in [1.165, 1.54) is 0 Å². The van der Waals surface area contributed by atoms with E-state index in [9.17, 15) is 0 Å². The van der Waals surface area contributed by atoms with Crippen LogP contribution < -0.4 is 0 Å². The SMILES string of the molecule is Cc1[nH]c(-c2ccncc2)nc1-c1cc(Cl)cc(Cl)c1. The third kappa shape index (κ3) is 2.55. The second-order valence-corrected chi connectivity index (χ2v) is 5.33. The van der Waals surface area contributed by atoms with Crippen LogP contribution in [0.5, 0.6) is 0 Å². The molecule has 1 aromatic carbocycles. The average molecular weight is 304 g/mol. The van der Waals surface area contributed by atoms with E-state index < -0.39 is 0 Å². The molecular formula is C15H11Cl2N3. The Hall–Kier alpha value is -1.84. The van der Waals surface area contributed by atoms with E-state index in [-0.39, 0.29) is 0 Å². The highest BCUT2D eigenvalue weighted by Gasteiger charge is 2.11. The van der Waals surface area contributed by atoms with Gasteiger partial charge in [0.05, 0.1) is 5.69 Å². The standard InChI is InChI=1S/C15H11Cl2N3/c1-9-14(11-6-12(16)8-13(17)7-11)20-15(19-9)10-2-4-18-5-3-10/h2-8H,1H3,(H,19,20). The van der Waals surface area contributed by atoms with E-state index in [0.717, 1.165) is 28.3 Å². The van der Waals surface area contributed by atoms with E-state index in [1.807, 2.05) is 31.2 Å². The summed E-state index contributed by atoms with van der Waals surface area (Å²) < 4.78 is 0. The summed E-state index contributed by atoms with van der Waals surface area (Å²) in [5.74, 6) is 0.802. The normalized spacial score (nSPS) is 10.8. The number of rotatable bonds is 2. The second-order valence-electron chi connectivity index (χ2n) is 4.45. The van der Waals surface area contributed by atoms with Crippen LogP contribution in [-0.2, 0) is 0 Å². The molecule has 0 amide bonds.